The van der Waals surface area contributed by atoms with Gasteiger partial charge in [-0.25, -0.2) is 0 Å². The highest BCUT2D eigenvalue weighted by molar-refractivity contribution is 7.80. The van der Waals surface area contributed by atoms with Crippen LogP contribution in [0, 0.1) is 13.8 Å². The third-order valence-electron chi connectivity index (χ3n) is 2.90. The molecule has 114 valence electrons. The van der Waals surface area contributed by atoms with Gasteiger partial charge in [0.1, 0.15) is 5.76 Å². The van der Waals surface area contributed by atoms with Crippen LogP contribution in [0.3, 0.4) is 0 Å². The Hall–Kier alpha value is -2.67. The van der Waals surface area contributed by atoms with Crippen molar-refractivity contribution in [2.24, 2.45) is 0 Å². The minimum atomic E-state index is -0.404. The van der Waals surface area contributed by atoms with Crippen molar-refractivity contribution in [3.05, 3.63) is 59.0 Å². The van der Waals surface area contributed by atoms with Crippen molar-refractivity contribution in [2.45, 2.75) is 13.8 Å². The first-order chi connectivity index (χ1) is 10.5. The number of aryl methyl sites for hydroxylation is 2. The average molecular weight is 317 g/mol. The van der Waals surface area contributed by atoms with Crippen LogP contribution in [0.1, 0.15) is 32.0 Å². The number of thiocarbonyl (C=S) groups is 1. The molecule has 0 aliphatic heterocycles. The summed E-state index contributed by atoms with van der Waals surface area (Å²) in [4.78, 5) is 23.8. The fraction of sp³-hybridized carbons (Fsp3) is 0.133. The molecule has 0 aliphatic rings. The summed E-state index contributed by atoms with van der Waals surface area (Å²) in [5, 5.41) is 2.48. The third kappa shape index (κ3) is 3.92. The van der Waals surface area contributed by atoms with Crippen molar-refractivity contribution in [1.82, 2.24) is 16.2 Å². The lowest BCUT2D eigenvalue weighted by atomic mass is 10.1. The van der Waals surface area contributed by atoms with Crippen molar-refractivity contribution in [3.8, 4) is 0 Å². The maximum atomic E-state index is 12.0. The van der Waals surface area contributed by atoms with E-state index in [9.17, 15) is 9.59 Å². The summed E-state index contributed by atoms with van der Waals surface area (Å²) in [7, 11) is 0. The number of nitrogens with one attached hydrogen (secondary N) is 3. The van der Waals surface area contributed by atoms with Gasteiger partial charge in [-0.05, 0) is 44.3 Å². The highest BCUT2D eigenvalue weighted by Gasteiger charge is 2.12. The third-order valence-corrected chi connectivity index (χ3v) is 3.10. The molecule has 2 rings (SSSR count). The zero-order chi connectivity index (χ0) is 16.1. The van der Waals surface area contributed by atoms with Crippen LogP contribution < -0.4 is 16.2 Å². The number of benzene rings is 1. The number of carbonyl (C=O) groups is 2. The molecular formula is C15H15N3O3S. The van der Waals surface area contributed by atoms with E-state index in [1.165, 1.54) is 6.26 Å². The molecule has 0 radical (unpaired) electrons. The van der Waals surface area contributed by atoms with E-state index in [4.69, 9.17) is 16.6 Å². The highest BCUT2D eigenvalue weighted by atomic mass is 32.1. The lowest BCUT2D eigenvalue weighted by Gasteiger charge is -2.10. The van der Waals surface area contributed by atoms with Crippen LogP contribution in [0.2, 0.25) is 0 Å². The quantitative estimate of drug-likeness (QED) is 0.581. The van der Waals surface area contributed by atoms with E-state index in [1.807, 2.05) is 13.0 Å². The van der Waals surface area contributed by atoms with Crippen LogP contribution in [-0.4, -0.2) is 16.9 Å². The molecule has 0 atom stereocenters. The van der Waals surface area contributed by atoms with Gasteiger partial charge >= 0.3 is 0 Å². The number of rotatable bonds is 2. The Labute approximate surface area is 132 Å². The maximum absolute atomic E-state index is 12.0. The van der Waals surface area contributed by atoms with E-state index in [2.05, 4.69) is 16.2 Å². The molecule has 0 unspecified atom stereocenters. The number of amides is 2. The number of hydrazine groups is 1. The number of hydrogen-bond acceptors (Lipinski definition) is 4. The van der Waals surface area contributed by atoms with Crippen LogP contribution in [-0.2, 0) is 0 Å². The van der Waals surface area contributed by atoms with E-state index in [0.717, 1.165) is 5.56 Å². The topological polar surface area (TPSA) is 83.4 Å². The van der Waals surface area contributed by atoms with Crippen molar-refractivity contribution in [2.75, 3.05) is 0 Å². The molecule has 1 heterocycles. The molecule has 7 heteroatoms. The molecule has 0 fully saturated rings. The molecule has 3 N–H and O–H groups in total. The van der Waals surface area contributed by atoms with Crippen LogP contribution in [0.15, 0.2) is 41.0 Å². The summed E-state index contributed by atoms with van der Waals surface area (Å²) in [5.74, 6) is -0.262. The Kier molecular flexibility index (Phi) is 4.90. The van der Waals surface area contributed by atoms with Gasteiger partial charge in [0.15, 0.2) is 5.11 Å². The lowest BCUT2D eigenvalue weighted by Crippen LogP contribution is -2.48. The van der Waals surface area contributed by atoms with E-state index >= 15 is 0 Å². The molecule has 22 heavy (non-hydrogen) atoms. The lowest BCUT2D eigenvalue weighted by molar-refractivity contribution is 0.0933. The highest BCUT2D eigenvalue weighted by Crippen LogP contribution is 2.07. The maximum Gasteiger partial charge on any atom is 0.273 e. The summed E-state index contributed by atoms with van der Waals surface area (Å²) in [6.07, 6.45) is 1.42. The first kappa shape index (κ1) is 15.7. The number of furan rings is 1. The van der Waals surface area contributed by atoms with Crippen molar-refractivity contribution < 1.29 is 14.0 Å². The van der Waals surface area contributed by atoms with Gasteiger partial charge in [0, 0.05) is 5.56 Å². The van der Waals surface area contributed by atoms with Gasteiger partial charge in [-0.2, -0.15) is 0 Å². The van der Waals surface area contributed by atoms with Crippen LogP contribution in [0.25, 0.3) is 0 Å². The Morgan fingerprint density at radius 3 is 2.50 bits per heavy atom. The summed E-state index contributed by atoms with van der Waals surface area (Å²) in [6, 6.07) is 8.63. The van der Waals surface area contributed by atoms with Gasteiger partial charge in [0.25, 0.3) is 11.8 Å². The van der Waals surface area contributed by atoms with Crippen LogP contribution >= 0.6 is 12.2 Å². The largest absolute Gasteiger partial charge is 0.469 e. The Morgan fingerprint density at radius 1 is 1.09 bits per heavy atom. The monoisotopic (exact) mass is 317 g/mol. The van der Waals surface area contributed by atoms with E-state index in [0.29, 0.717) is 16.9 Å². The molecule has 2 amide bonds. The average Bonchev–Trinajstić information content (AvgIpc) is 2.91. The molecule has 6 nitrogen and oxygen atoms in total. The smallest absolute Gasteiger partial charge is 0.273 e. The van der Waals surface area contributed by atoms with Crippen molar-refractivity contribution in [3.63, 3.8) is 0 Å². The summed E-state index contributed by atoms with van der Waals surface area (Å²) in [6.45, 7) is 3.56. The van der Waals surface area contributed by atoms with Gasteiger partial charge in [-0.3, -0.25) is 25.8 Å². The SMILES string of the molecule is Cc1cccc(C(=O)NC(=S)NNC(=O)c2ccoc2C)c1. The minimum Gasteiger partial charge on any atom is -0.469 e. The van der Waals surface area contributed by atoms with E-state index < -0.39 is 5.91 Å². The molecular weight excluding hydrogens is 302 g/mol. The fourth-order valence-electron chi connectivity index (χ4n) is 1.79. The predicted molar refractivity (Wildman–Crippen MR) is 85.3 cm³/mol. The molecule has 0 spiro atoms. The molecule has 1 aromatic heterocycles. The predicted octanol–water partition coefficient (Wildman–Crippen LogP) is 1.85. The van der Waals surface area contributed by atoms with Crippen LogP contribution in [0.4, 0.5) is 0 Å². The minimum absolute atomic E-state index is 0.000930. The number of carbonyl (C=O) groups excluding carboxylic acids is 2. The summed E-state index contributed by atoms with van der Waals surface area (Å²) < 4.78 is 5.03. The molecule has 2 aromatic rings. The summed E-state index contributed by atoms with van der Waals surface area (Å²) >= 11 is 4.96. The Balaban J connectivity index is 1.87. The zero-order valence-electron chi connectivity index (χ0n) is 12.1. The van der Waals surface area contributed by atoms with E-state index in [1.54, 1.807) is 31.2 Å². The van der Waals surface area contributed by atoms with E-state index in [-0.39, 0.29) is 11.0 Å². The molecule has 0 bridgehead atoms. The number of hydrogen-bond donors (Lipinski definition) is 3. The summed E-state index contributed by atoms with van der Waals surface area (Å²) in [5.41, 5.74) is 6.70. The van der Waals surface area contributed by atoms with Crippen molar-refractivity contribution >= 4 is 29.1 Å². The molecule has 0 saturated heterocycles. The molecule has 0 saturated carbocycles. The second kappa shape index (κ2) is 6.86. The fourth-order valence-corrected chi connectivity index (χ4v) is 1.94. The molecule has 0 aliphatic carbocycles. The first-order valence-corrected chi connectivity index (χ1v) is 6.90. The van der Waals surface area contributed by atoms with Gasteiger partial charge in [-0.15, -0.1) is 0 Å². The second-order valence-corrected chi connectivity index (χ2v) is 5.03. The van der Waals surface area contributed by atoms with Crippen molar-refractivity contribution in [1.29, 1.82) is 0 Å². The zero-order valence-corrected chi connectivity index (χ0v) is 12.9. The van der Waals surface area contributed by atoms with Gasteiger partial charge in [-0.1, -0.05) is 17.7 Å². The van der Waals surface area contributed by atoms with Crippen LogP contribution in [0.5, 0.6) is 0 Å². The molecule has 1 aromatic carbocycles. The Morgan fingerprint density at radius 2 is 1.86 bits per heavy atom. The van der Waals surface area contributed by atoms with Gasteiger partial charge < -0.3 is 4.42 Å². The first-order valence-electron chi connectivity index (χ1n) is 6.50. The second-order valence-electron chi connectivity index (χ2n) is 4.62. The van der Waals surface area contributed by atoms with Gasteiger partial charge in [0.2, 0.25) is 0 Å². The standard InChI is InChI=1S/C15H15N3O3S/c1-9-4-3-5-11(8-9)13(19)16-15(22)18-17-14(20)12-6-7-21-10(12)2/h3-8H,1-2H3,(H,17,20)(H2,16,18,19,22). The van der Waals surface area contributed by atoms with Gasteiger partial charge in [0.05, 0.1) is 11.8 Å². The normalized spacial score (nSPS) is 9.91. The Bertz CT molecular complexity index is 724.